The molecule has 0 unspecified atom stereocenters. The molecule has 2 atom stereocenters. The number of nitrogens with one attached hydrogen (secondary N) is 3. The topological polar surface area (TPSA) is 150 Å². The predicted octanol–water partition coefficient (Wildman–Crippen LogP) is 3.17. The van der Waals surface area contributed by atoms with Gasteiger partial charge in [0.25, 0.3) is 5.91 Å². The normalized spacial score (nSPS) is 17.3. The van der Waals surface area contributed by atoms with Gasteiger partial charge in [0.15, 0.2) is 11.5 Å². The number of amides is 3. The van der Waals surface area contributed by atoms with Crippen LogP contribution in [-0.4, -0.2) is 87.8 Å². The summed E-state index contributed by atoms with van der Waals surface area (Å²) in [6.45, 7) is 3.75. The molecule has 0 saturated heterocycles. The quantitative estimate of drug-likeness (QED) is 0.234. The highest BCUT2D eigenvalue weighted by Crippen LogP contribution is 2.31. The Hall–Kier alpha value is -5.36. The summed E-state index contributed by atoms with van der Waals surface area (Å²) in [5.74, 6) is -0.319. The summed E-state index contributed by atoms with van der Waals surface area (Å²) in [4.78, 5) is 45.5. The van der Waals surface area contributed by atoms with E-state index in [1.807, 2.05) is 67.7 Å². The number of para-hydroxylation sites is 1. The van der Waals surface area contributed by atoms with Crippen LogP contribution in [-0.2, 0) is 22.4 Å². The van der Waals surface area contributed by atoms with Gasteiger partial charge in [0.05, 0.1) is 43.6 Å². The lowest BCUT2D eigenvalue weighted by atomic mass is 10.0. The first-order valence-corrected chi connectivity index (χ1v) is 16.1. The monoisotopic (exact) mass is 652 g/mol. The molecule has 3 amide bonds. The standard InChI is InChI=1S/C36H40N6O6/c1-22-9-11-30-27(19-38-42(30)20-22)36(46)41-15-6-16-48-32-18-24(10-12-31(32)47-3)17-29-26(25-7-4-5-8-28(25)39-29)13-14-37-35(45)34(23(2)43)40-33(44)21-41/h4-5,7-12,18-20,23,34,39,43H,6,13-17,21H2,1-3H3,(H,37,45)(H,40,44)/t23-,34+/m1/s1. The van der Waals surface area contributed by atoms with Gasteiger partial charge in [-0.05, 0) is 67.6 Å². The van der Waals surface area contributed by atoms with Crippen LogP contribution in [0, 0.1) is 6.92 Å². The fourth-order valence-corrected chi connectivity index (χ4v) is 6.17. The number of fused-ring (bicyclic) bond motifs is 6. The average Bonchev–Trinajstić information content (AvgIpc) is 3.64. The van der Waals surface area contributed by atoms with Crippen molar-refractivity contribution >= 4 is 34.1 Å². The van der Waals surface area contributed by atoms with Crippen molar-refractivity contribution in [1.29, 1.82) is 0 Å². The lowest BCUT2D eigenvalue weighted by Gasteiger charge is -2.25. The highest BCUT2D eigenvalue weighted by molar-refractivity contribution is 6.02. The van der Waals surface area contributed by atoms with E-state index in [-0.39, 0.29) is 32.1 Å². The van der Waals surface area contributed by atoms with Crippen LogP contribution in [0.4, 0.5) is 0 Å². The molecule has 6 rings (SSSR count). The van der Waals surface area contributed by atoms with Gasteiger partial charge in [0.1, 0.15) is 6.04 Å². The van der Waals surface area contributed by atoms with Gasteiger partial charge in [-0.1, -0.05) is 30.3 Å². The van der Waals surface area contributed by atoms with Crippen molar-refractivity contribution in [3.63, 3.8) is 0 Å². The Labute approximate surface area is 278 Å². The zero-order chi connectivity index (χ0) is 33.8. The second-order valence-corrected chi connectivity index (χ2v) is 12.1. The molecule has 4 heterocycles. The minimum absolute atomic E-state index is 0.182. The van der Waals surface area contributed by atoms with Crippen LogP contribution in [0.15, 0.2) is 67.0 Å². The van der Waals surface area contributed by atoms with Gasteiger partial charge in [-0.3, -0.25) is 14.4 Å². The molecule has 2 aromatic carbocycles. The maximum atomic E-state index is 13.9. The summed E-state index contributed by atoms with van der Waals surface area (Å²) in [5, 5.41) is 21.4. The third-order valence-electron chi connectivity index (χ3n) is 8.61. The van der Waals surface area contributed by atoms with E-state index in [2.05, 4.69) is 20.7 Å². The van der Waals surface area contributed by atoms with Crippen molar-refractivity contribution in [2.24, 2.45) is 0 Å². The molecule has 48 heavy (non-hydrogen) atoms. The summed E-state index contributed by atoms with van der Waals surface area (Å²) in [6.07, 6.45) is 3.64. The minimum atomic E-state index is -1.21. The van der Waals surface area contributed by atoms with Crippen molar-refractivity contribution in [3.05, 3.63) is 94.9 Å². The molecule has 0 spiro atoms. The highest BCUT2D eigenvalue weighted by Gasteiger charge is 2.28. The minimum Gasteiger partial charge on any atom is -0.493 e. The number of aliphatic hydroxyl groups is 1. The summed E-state index contributed by atoms with van der Waals surface area (Å²) >= 11 is 0. The lowest BCUT2D eigenvalue weighted by Crippen LogP contribution is -2.55. The van der Waals surface area contributed by atoms with E-state index < -0.39 is 24.0 Å². The van der Waals surface area contributed by atoms with Crippen LogP contribution < -0.4 is 20.1 Å². The Kier molecular flexibility index (Phi) is 9.62. The van der Waals surface area contributed by atoms with Crippen molar-refractivity contribution in [2.45, 2.75) is 45.3 Å². The van der Waals surface area contributed by atoms with Crippen molar-refractivity contribution in [2.75, 3.05) is 33.4 Å². The zero-order valence-corrected chi connectivity index (χ0v) is 27.3. The third kappa shape index (κ3) is 6.98. The van der Waals surface area contributed by atoms with Crippen molar-refractivity contribution in [1.82, 2.24) is 30.1 Å². The molecule has 3 aromatic heterocycles. The number of hydrogen-bond donors (Lipinski definition) is 4. The maximum Gasteiger partial charge on any atom is 0.258 e. The number of aromatic nitrogens is 3. The SMILES string of the molecule is COc1ccc2cc1OCCCN(C(=O)c1cnn3cc(C)ccc13)CC(=O)N[C@@H]([C@@H](C)O)C(=O)NCCc1c([nH]c3ccccc13)C2. The first-order valence-electron chi connectivity index (χ1n) is 16.1. The number of H-pyrrole nitrogens is 1. The summed E-state index contributed by atoms with van der Waals surface area (Å²) in [6, 6.07) is 16.3. The van der Waals surface area contributed by atoms with Crippen LogP contribution in [0.5, 0.6) is 11.5 Å². The van der Waals surface area contributed by atoms with E-state index in [1.165, 1.54) is 18.0 Å². The molecule has 1 aliphatic rings. The number of aliphatic hydroxyl groups excluding tert-OH is 1. The fraction of sp³-hybridized carbons (Fsp3) is 0.333. The first kappa shape index (κ1) is 32.6. The lowest BCUT2D eigenvalue weighted by molar-refractivity contribution is -0.131. The summed E-state index contributed by atoms with van der Waals surface area (Å²) in [5.41, 5.74) is 6.01. The number of carbonyl (C=O) groups is 3. The second kappa shape index (κ2) is 14.2. The molecule has 0 radical (unpaired) electrons. The van der Waals surface area contributed by atoms with Gasteiger partial charge in [-0.25, -0.2) is 4.52 Å². The Morgan fingerprint density at radius 2 is 1.98 bits per heavy atom. The number of rotatable bonds is 3. The van der Waals surface area contributed by atoms with Gasteiger partial charge in [-0.2, -0.15) is 5.10 Å². The van der Waals surface area contributed by atoms with Gasteiger partial charge < -0.3 is 35.1 Å². The number of methoxy groups -OCH3 is 1. The molecular weight excluding hydrogens is 612 g/mol. The average molecular weight is 653 g/mol. The largest absolute Gasteiger partial charge is 0.493 e. The van der Waals surface area contributed by atoms with Crippen LogP contribution in [0.25, 0.3) is 16.4 Å². The summed E-state index contributed by atoms with van der Waals surface area (Å²) < 4.78 is 13.4. The van der Waals surface area contributed by atoms with Crippen LogP contribution in [0.2, 0.25) is 0 Å². The number of benzene rings is 2. The molecule has 5 aromatic rings. The van der Waals surface area contributed by atoms with Gasteiger partial charge >= 0.3 is 0 Å². The molecule has 12 heteroatoms. The van der Waals surface area contributed by atoms with Crippen LogP contribution in [0.3, 0.4) is 0 Å². The Bertz CT molecular complexity index is 1960. The third-order valence-corrected chi connectivity index (χ3v) is 8.61. The molecule has 250 valence electrons. The van der Waals surface area contributed by atoms with Crippen molar-refractivity contribution in [3.8, 4) is 11.5 Å². The smallest absolute Gasteiger partial charge is 0.258 e. The number of carbonyl (C=O) groups excluding carboxylic acids is 3. The molecule has 2 bridgehead atoms. The molecule has 0 saturated carbocycles. The van der Waals surface area contributed by atoms with Gasteiger partial charge in [-0.15, -0.1) is 0 Å². The van der Waals surface area contributed by atoms with E-state index >= 15 is 0 Å². The van der Waals surface area contributed by atoms with E-state index in [0.717, 1.165) is 33.3 Å². The number of hydrogen-bond acceptors (Lipinski definition) is 7. The predicted molar refractivity (Wildman–Crippen MR) is 180 cm³/mol. The van der Waals surface area contributed by atoms with Gasteiger partial charge in [0, 0.05) is 42.3 Å². The van der Waals surface area contributed by atoms with E-state index in [4.69, 9.17) is 9.47 Å². The highest BCUT2D eigenvalue weighted by atomic mass is 16.5. The van der Waals surface area contributed by atoms with Gasteiger partial charge in [0.2, 0.25) is 11.8 Å². The Morgan fingerprint density at radius 1 is 1.15 bits per heavy atom. The first-order chi connectivity index (χ1) is 23.2. The molecule has 0 fully saturated rings. The van der Waals surface area contributed by atoms with Crippen molar-refractivity contribution < 1.29 is 29.0 Å². The van der Waals surface area contributed by atoms with Crippen LogP contribution >= 0.6 is 0 Å². The van der Waals surface area contributed by atoms with E-state index in [0.29, 0.717) is 41.8 Å². The second-order valence-electron chi connectivity index (χ2n) is 12.1. The Morgan fingerprint density at radius 3 is 2.79 bits per heavy atom. The zero-order valence-electron chi connectivity index (χ0n) is 27.3. The molecule has 1 aliphatic heterocycles. The van der Waals surface area contributed by atoms with Crippen LogP contribution in [0.1, 0.15) is 46.1 Å². The number of aromatic amines is 1. The number of pyridine rings is 1. The molecule has 4 N–H and O–H groups in total. The molecule has 0 aliphatic carbocycles. The van der Waals surface area contributed by atoms with E-state index in [1.54, 1.807) is 11.6 Å². The maximum absolute atomic E-state index is 13.9. The number of ether oxygens (including phenoxy) is 2. The molecule has 12 nitrogen and oxygen atoms in total. The van der Waals surface area contributed by atoms with E-state index in [9.17, 15) is 19.5 Å². The summed E-state index contributed by atoms with van der Waals surface area (Å²) in [7, 11) is 1.59. The number of nitrogens with zero attached hydrogens (tertiary/aromatic N) is 3. The fourth-order valence-electron chi connectivity index (χ4n) is 6.17. The Balaban J connectivity index is 1.31. The molecular formula is C36H40N6O6. The number of aryl methyl sites for hydroxylation is 1.